The monoisotopic (exact) mass is 327 g/mol. The highest BCUT2D eigenvalue weighted by Gasteiger charge is 2.51. The Bertz CT molecular complexity index is 796. The molecule has 0 aliphatic heterocycles. The molecule has 2 unspecified atom stereocenters. The third-order valence-corrected chi connectivity index (χ3v) is 4.60. The lowest BCUT2D eigenvalue weighted by Gasteiger charge is -2.16. The van der Waals surface area contributed by atoms with Crippen LogP contribution in [0.25, 0.3) is 0 Å². The van der Waals surface area contributed by atoms with Gasteiger partial charge in [-0.1, -0.05) is 24.3 Å². The van der Waals surface area contributed by atoms with Gasteiger partial charge in [-0.2, -0.15) is 5.26 Å². The molecule has 1 fully saturated rings. The first kappa shape index (κ1) is 16.1. The average Bonchev–Trinajstić information content (AvgIpc) is 3.19. The highest BCUT2D eigenvalue weighted by atomic mass is 19.1. The largest absolute Gasteiger partial charge is 0.423 e. The van der Waals surface area contributed by atoms with Crippen molar-refractivity contribution < 1.29 is 18.3 Å². The van der Waals surface area contributed by atoms with E-state index in [1.165, 1.54) is 6.07 Å². The smallest absolute Gasteiger partial charge is 0.343 e. The summed E-state index contributed by atoms with van der Waals surface area (Å²) < 4.78 is 32.1. The molecule has 1 saturated carbocycles. The molecule has 2 atom stereocenters. The van der Waals surface area contributed by atoms with Crippen molar-refractivity contribution in [1.29, 1.82) is 5.26 Å². The quantitative estimate of drug-likeness (QED) is 0.473. The van der Waals surface area contributed by atoms with Crippen LogP contribution in [0.5, 0.6) is 5.75 Å². The number of allylic oxidation sites excluding steroid dienone is 3. The Morgan fingerprint density at radius 1 is 1.46 bits per heavy atom. The molecule has 24 heavy (non-hydrogen) atoms. The summed E-state index contributed by atoms with van der Waals surface area (Å²) in [7, 11) is 0. The van der Waals surface area contributed by atoms with Crippen LogP contribution in [-0.4, -0.2) is 5.97 Å². The maximum Gasteiger partial charge on any atom is 0.343 e. The fraction of sp³-hybridized carbons (Fsp3) is 0.263. The Morgan fingerprint density at radius 2 is 2.17 bits per heavy atom. The summed E-state index contributed by atoms with van der Waals surface area (Å²) in [6.45, 7) is 3.74. The van der Waals surface area contributed by atoms with Gasteiger partial charge in [-0.15, -0.1) is 6.58 Å². The number of rotatable bonds is 4. The van der Waals surface area contributed by atoms with Crippen LogP contribution in [0.1, 0.15) is 24.8 Å². The van der Waals surface area contributed by atoms with E-state index < -0.39 is 23.2 Å². The van der Waals surface area contributed by atoms with Gasteiger partial charge in [0.1, 0.15) is 29.0 Å². The highest BCUT2D eigenvalue weighted by Crippen LogP contribution is 2.59. The fourth-order valence-corrected chi connectivity index (χ4v) is 3.10. The number of nitrogens with zero attached hydrogens (tertiary/aromatic N) is 1. The van der Waals surface area contributed by atoms with E-state index >= 15 is 0 Å². The number of benzene rings is 1. The van der Waals surface area contributed by atoms with Gasteiger partial charge in [-0.25, -0.2) is 13.6 Å². The van der Waals surface area contributed by atoms with Gasteiger partial charge >= 0.3 is 5.97 Å². The van der Waals surface area contributed by atoms with Crippen LogP contribution >= 0.6 is 0 Å². The van der Waals surface area contributed by atoms with Crippen molar-refractivity contribution in [2.45, 2.75) is 19.3 Å². The highest BCUT2D eigenvalue weighted by molar-refractivity contribution is 5.93. The van der Waals surface area contributed by atoms with Crippen LogP contribution in [0.4, 0.5) is 8.78 Å². The van der Waals surface area contributed by atoms with Gasteiger partial charge < -0.3 is 4.74 Å². The maximum atomic E-state index is 13.5. The maximum absolute atomic E-state index is 13.5. The lowest BCUT2D eigenvalue weighted by atomic mass is 9.91. The fourth-order valence-electron chi connectivity index (χ4n) is 3.10. The van der Waals surface area contributed by atoms with E-state index in [0.717, 1.165) is 31.4 Å². The lowest BCUT2D eigenvalue weighted by Crippen LogP contribution is -2.14. The Morgan fingerprint density at radius 3 is 2.71 bits per heavy atom. The summed E-state index contributed by atoms with van der Waals surface area (Å²) in [5, 5.41) is 8.63. The molecule has 1 aromatic rings. The van der Waals surface area contributed by atoms with E-state index in [2.05, 4.69) is 6.58 Å². The van der Waals surface area contributed by atoms with E-state index in [1.54, 1.807) is 12.2 Å². The molecule has 3 rings (SSSR count). The number of carbonyl (C=O) groups excluding carboxylic acids is 1. The Balaban J connectivity index is 1.68. The molecule has 0 amide bonds. The van der Waals surface area contributed by atoms with E-state index in [-0.39, 0.29) is 11.2 Å². The minimum Gasteiger partial charge on any atom is -0.423 e. The first-order valence-electron chi connectivity index (χ1n) is 7.61. The number of halogens is 2. The van der Waals surface area contributed by atoms with Gasteiger partial charge in [-0.3, -0.25) is 0 Å². The molecule has 5 heteroatoms. The second-order valence-corrected chi connectivity index (χ2v) is 6.12. The molecular weight excluding hydrogens is 312 g/mol. The molecule has 0 saturated heterocycles. The van der Waals surface area contributed by atoms with Crippen molar-refractivity contribution in [2.75, 3.05) is 0 Å². The lowest BCUT2D eigenvalue weighted by molar-refractivity contribution is -0.129. The standard InChI is InChI=1S/C19H15F2NO2/c1-2-3-13-10-19(13)6-4-12(5-7-19)18(23)24-14-8-16(20)15(11-22)17(21)9-14/h2,4-6,8-9,13H,1,3,7,10H2. The second-order valence-electron chi connectivity index (χ2n) is 6.12. The van der Waals surface area contributed by atoms with Gasteiger partial charge in [0.25, 0.3) is 0 Å². The van der Waals surface area contributed by atoms with Gasteiger partial charge in [0.2, 0.25) is 0 Å². The molecule has 2 aliphatic carbocycles. The third-order valence-electron chi connectivity index (χ3n) is 4.60. The van der Waals surface area contributed by atoms with Crippen molar-refractivity contribution in [3.05, 3.63) is 65.8 Å². The number of esters is 1. The summed E-state index contributed by atoms with van der Waals surface area (Å²) in [6, 6.07) is 3.07. The topological polar surface area (TPSA) is 50.1 Å². The molecule has 0 N–H and O–H groups in total. The van der Waals surface area contributed by atoms with Crippen LogP contribution in [0, 0.1) is 34.3 Å². The van der Waals surface area contributed by atoms with Gasteiger partial charge in [-0.05, 0) is 30.6 Å². The van der Waals surface area contributed by atoms with E-state index in [4.69, 9.17) is 10.00 Å². The molecule has 0 radical (unpaired) electrons. The average molecular weight is 327 g/mol. The van der Waals surface area contributed by atoms with E-state index in [1.807, 2.05) is 12.2 Å². The number of hydrogen-bond acceptors (Lipinski definition) is 3. The number of hydrogen-bond donors (Lipinski definition) is 0. The van der Waals surface area contributed by atoms with Crippen molar-refractivity contribution in [1.82, 2.24) is 0 Å². The molecule has 1 spiro atoms. The normalized spacial score (nSPS) is 24.2. The molecule has 122 valence electrons. The van der Waals surface area contributed by atoms with Gasteiger partial charge in [0, 0.05) is 12.1 Å². The van der Waals surface area contributed by atoms with Gasteiger partial charge in [0.15, 0.2) is 0 Å². The first-order valence-corrected chi connectivity index (χ1v) is 7.61. The minimum atomic E-state index is -1.06. The molecule has 1 aromatic carbocycles. The van der Waals surface area contributed by atoms with Gasteiger partial charge in [0.05, 0.1) is 5.57 Å². The Kier molecular flexibility index (Phi) is 4.06. The number of carbonyl (C=O) groups is 1. The number of nitriles is 1. The van der Waals surface area contributed by atoms with E-state index in [9.17, 15) is 13.6 Å². The molecule has 0 bridgehead atoms. The molecular formula is C19H15F2NO2. The summed E-state index contributed by atoms with van der Waals surface area (Å²) in [5.74, 6) is -2.50. The van der Waals surface area contributed by atoms with Crippen LogP contribution in [0.15, 0.2) is 48.6 Å². The molecule has 0 aromatic heterocycles. The zero-order chi connectivity index (χ0) is 17.3. The molecule has 2 aliphatic rings. The summed E-state index contributed by atoms with van der Waals surface area (Å²) >= 11 is 0. The molecule has 3 nitrogen and oxygen atoms in total. The first-order chi connectivity index (χ1) is 11.5. The third kappa shape index (κ3) is 2.88. The zero-order valence-corrected chi connectivity index (χ0v) is 12.9. The predicted octanol–water partition coefficient (Wildman–Crippen LogP) is 4.21. The number of ether oxygens (including phenoxy) is 1. The molecule has 0 heterocycles. The van der Waals surface area contributed by atoms with Crippen LogP contribution in [0.2, 0.25) is 0 Å². The van der Waals surface area contributed by atoms with Crippen LogP contribution in [0.3, 0.4) is 0 Å². The predicted molar refractivity (Wildman–Crippen MR) is 83.9 cm³/mol. The van der Waals surface area contributed by atoms with Crippen molar-refractivity contribution in [3.63, 3.8) is 0 Å². The van der Waals surface area contributed by atoms with Crippen LogP contribution < -0.4 is 4.74 Å². The van der Waals surface area contributed by atoms with Crippen molar-refractivity contribution in [2.24, 2.45) is 11.3 Å². The van der Waals surface area contributed by atoms with E-state index in [0.29, 0.717) is 11.5 Å². The minimum absolute atomic E-state index is 0.116. The van der Waals surface area contributed by atoms with Crippen molar-refractivity contribution >= 4 is 5.97 Å². The summed E-state index contributed by atoms with van der Waals surface area (Å²) in [6.07, 6.45) is 10.2. The zero-order valence-electron chi connectivity index (χ0n) is 12.9. The second kappa shape index (κ2) is 6.04. The van der Waals surface area contributed by atoms with Crippen LogP contribution in [-0.2, 0) is 4.79 Å². The Labute approximate surface area is 138 Å². The summed E-state index contributed by atoms with van der Waals surface area (Å²) in [5.41, 5.74) is -0.226. The Hall–Kier alpha value is -2.74. The SMILES string of the molecule is C=CCC1CC12C=CC(C(=O)Oc1cc(F)c(C#N)c(F)c1)=CC2. The summed E-state index contributed by atoms with van der Waals surface area (Å²) in [4.78, 5) is 12.1. The van der Waals surface area contributed by atoms with Crippen molar-refractivity contribution in [3.8, 4) is 11.8 Å².